The summed E-state index contributed by atoms with van der Waals surface area (Å²) in [5.74, 6) is -2.69. The Labute approximate surface area is 206 Å². The van der Waals surface area contributed by atoms with Crippen LogP contribution in [0.15, 0.2) is 30.4 Å². The van der Waals surface area contributed by atoms with E-state index in [0.29, 0.717) is 17.1 Å². The number of aliphatic hydroxyl groups is 1. The van der Waals surface area contributed by atoms with Crippen LogP contribution in [-0.4, -0.2) is 53.5 Å². The number of benzene rings is 1. The monoisotopic (exact) mass is 489 g/mol. The number of nitrogens with zero attached hydrogens (tertiary/aromatic N) is 1. The highest BCUT2D eigenvalue weighted by Crippen LogP contribution is 2.46. The molecule has 1 fully saturated rings. The first-order valence-electron chi connectivity index (χ1n) is 12.1. The summed E-state index contributed by atoms with van der Waals surface area (Å²) in [6.07, 6.45) is 5.32. The number of nitrogens with one attached hydrogen (secondary N) is 2. The van der Waals surface area contributed by atoms with E-state index >= 15 is 0 Å². The molecule has 0 spiro atoms. The molecule has 1 aliphatic carbocycles. The van der Waals surface area contributed by atoms with Gasteiger partial charge in [0.2, 0.25) is 17.7 Å². The van der Waals surface area contributed by atoms with Crippen LogP contribution in [0.3, 0.4) is 0 Å². The second-order valence-corrected chi connectivity index (χ2v) is 9.85. The van der Waals surface area contributed by atoms with Gasteiger partial charge >= 0.3 is 0 Å². The number of amides is 3. The van der Waals surface area contributed by atoms with Gasteiger partial charge in [0.05, 0.1) is 35.2 Å². The minimum atomic E-state index is -0.861. The maximum absolute atomic E-state index is 13.9. The molecule has 0 aromatic heterocycles. The summed E-state index contributed by atoms with van der Waals surface area (Å²) in [4.78, 5) is 42.2. The molecule has 7 nitrogen and oxygen atoms in total. The average Bonchev–Trinajstić information content (AvgIpc) is 3.12. The highest BCUT2D eigenvalue weighted by atomic mass is 35.5. The van der Waals surface area contributed by atoms with Crippen LogP contribution >= 0.6 is 11.6 Å². The zero-order valence-electron chi connectivity index (χ0n) is 20.5. The Kier molecular flexibility index (Phi) is 8.42. The zero-order valence-corrected chi connectivity index (χ0v) is 21.3. The molecule has 1 saturated heterocycles. The third kappa shape index (κ3) is 4.60. The molecule has 0 radical (unpaired) electrons. The molecule has 0 unspecified atom stereocenters. The third-order valence-electron chi connectivity index (χ3n) is 7.65. The van der Waals surface area contributed by atoms with Gasteiger partial charge < -0.3 is 20.6 Å². The number of para-hydroxylation sites is 1. The van der Waals surface area contributed by atoms with Crippen LogP contribution in [-0.2, 0) is 14.4 Å². The maximum atomic E-state index is 13.9. The number of aliphatic hydroxyl groups excluding tert-OH is 1. The lowest BCUT2D eigenvalue weighted by molar-refractivity contribution is -0.143. The van der Waals surface area contributed by atoms with E-state index in [1.54, 1.807) is 18.0 Å². The number of likely N-dealkylation sites (tertiary alicyclic amines) is 1. The van der Waals surface area contributed by atoms with Gasteiger partial charge in [-0.15, -0.1) is 0 Å². The zero-order chi connectivity index (χ0) is 25.2. The van der Waals surface area contributed by atoms with Gasteiger partial charge in [0.15, 0.2) is 0 Å². The molecule has 34 heavy (non-hydrogen) atoms. The highest BCUT2D eigenvalue weighted by molar-refractivity contribution is 6.34. The van der Waals surface area contributed by atoms with Crippen LogP contribution < -0.4 is 10.6 Å². The minimum Gasteiger partial charge on any atom is -0.394 e. The van der Waals surface area contributed by atoms with Crippen LogP contribution in [0.25, 0.3) is 0 Å². The van der Waals surface area contributed by atoms with Crippen LogP contribution in [0, 0.1) is 36.5 Å². The number of hydrogen-bond acceptors (Lipinski definition) is 4. The van der Waals surface area contributed by atoms with Crippen molar-refractivity contribution in [3.8, 4) is 0 Å². The van der Waals surface area contributed by atoms with Crippen molar-refractivity contribution in [1.82, 2.24) is 10.2 Å². The van der Waals surface area contributed by atoms with Crippen molar-refractivity contribution < 1.29 is 19.5 Å². The van der Waals surface area contributed by atoms with E-state index in [0.717, 1.165) is 12.0 Å². The summed E-state index contributed by atoms with van der Waals surface area (Å²) in [6.45, 7) is 7.53. The molecular formula is C26H36ClN3O4. The molecule has 1 aromatic rings. The summed E-state index contributed by atoms with van der Waals surface area (Å²) in [5, 5.41) is 16.4. The maximum Gasteiger partial charge on any atom is 0.247 e. The van der Waals surface area contributed by atoms with E-state index in [-0.39, 0.29) is 36.2 Å². The summed E-state index contributed by atoms with van der Waals surface area (Å²) >= 11 is 6.36. The molecule has 0 saturated carbocycles. The van der Waals surface area contributed by atoms with E-state index in [1.807, 2.05) is 52.0 Å². The SMILES string of the molecule is CC[C@H](C)[C@H](CO)N1C(=O)[C@H]2[C@H](C=C[C@@H](CC)[C@H]2C(=O)NC)[C@H]1C(=O)Nc1c(C)cccc1Cl. The van der Waals surface area contributed by atoms with Crippen molar-refractivity contribution in [2.75, 3.05) is 19.0 Å². The first kappa shape index (κ1) is 26.2. The lowest BCUT2D eigenvalue weighted by atomic mass is 9.69. The topological polar surface area (TPSA) is 98.7 Å². The molecule has 1 heterocycles. The van der Waals surface area contributed by atoms with Crippen molar-refractivity contribution >= 4 is 35.0 Å². The van der Waals surface area contributed by atoms with Crippen molar-refractivity contribution in [2.45, 2.75) is 52.6 Å². The van der Waals surface area contributed by atoms with Crippen molar-refractivity contribution in [3.63, 3.8) is 0 Å². The minimum absolute atomic E-state index is 0.0316. The third-order valence-corrected chi connectivity index (χ3v) is 7.97. The van der Waals surface area contributed by atoms with E-state index in [4.69, 9.17) is 11.6 Å². The number of aryl methyl sites for hydroxylation is 1. The van der Waals surface area contributed by atoms with E-state index in [9.17, 15) is 19.5 Å². The Morgan fingerprint density at radius 1 is 1.21 bits per heavy atom. The number of allylic oxidation sites excluding steroid dienone is 1. The summed E-state index contributed by atoms with van der Waals surface area (Å²) < 4.78 is 0. The number of halogens is 1. The van der Waals surface area contributed by atoms with Crippen molar-refractivity contribution in [2.24, 2.45) is 29.6 Å². The average molecular weight is 490 g/mol. The van der Waals surface area contributed by atoms with Crippen molar-refractivity contribution in [3.05, 3.63) is 40.9 Å². The number of hydrogen-bond donors (Lipinski definition) is 3. The summed E-state index contributed by atoms with van der Waals surface area (Å²) in [7, 11) is 1.57. The van der Waals surface area contributed by atoms with Gasteiger partial charge in [0, 0.05) is 13.0 Å². The summed E-state index contributed by atoms with van der Waals surface area (Å²) in [5.41, 5.74) is 1.31. The van der Waals surface area contributed by atoms with Gasteiger partial charge in [-0.25, -0.2) is 0 Å². The fraction of sp³-hybridized carbons (Fsp3) is 0.577. The molecular weight excluding hydrogens is 454 g/mol. The van der Waals surface area contributed by atoms with E-state index in [2.05, 4.69) is 10.6 Å². The second kappa shape index (κ2) is 10.9. The molecule has 186 valence electrons. The molecule has 0 bridgehead atoms. The molecule has 2 aliphatic rings. The number of anilines is 1. The Morgan fingerprint density at radius 3 is 2.47 bits per heavy atom. The first-order valence-corrected chi connectivity index (χ1v) is 12.5. The predicted molar refractivity (Wildman–Crippen MR) is 133 cm³/mol. The molecule has 3 amide bonds. The fourth-order valence-corrected chi connectivity index (χ4v) is 5.79. The standard InChI is InChI=1S/C26H36ClN3O4/c1-6-14(3)19(13-31)30-23(25(33)29-22-15(4)9-8-10-18(22)27)17-12-11-16(7-2)20(24(32)28-5)21(17)26(30)34/h8-12,14,16-17,19-21,23,31H,6-7,13H2,1-5H3,(H,28,32)(H,29,33)/t14-,16+,17-,19-,20+,21-,23-/m0/s1. The quantitative estimate of drug-likeness (QED) is 0.487. The molecule has 1 aromatic carbocycles. The summed E-state index contributed by atoms with van der Waals surface area (Å²) in [6, 6.07) is 3.97. The highest BCUT2D eigenvalue weighted by Gasteiger charge is 2.58. The lowest BCUT2D eigenvalue weighted by Gasteiger charge is -2.36. The number of fused-ring (bicyclic) bond motifs is 1. The molecule has 1 aliphatic heterocycles. The van der Waals surface area contributed by atoms with Crippen LogP contribution in [0.2, 0.25) is 5.02 Å². The fourth-order valence-electron chi connectivity index (χ4n) is 5.52. The Hall–Kier alpha value is -2.38. The molecule has 3 rings (SSSR count). The van der Waals surface area contributed by atoms with Gasteiger partial charge in [-0.3, -0.25) is 14.4 Å². The number of carbonyl (C=O) groups is 3. The van der Waals surface area contributed by atoms with Gasteiger partial charge in [0.25, 0.3) is 0 Å². The van der Waals surface area contributed by atoms with E-state index < -0.39 is 29.8 Å². The van der Waals surface area contributed by atoms with E-state index in [1.165, 1.54) is 0 Å². The van der Waals surface area contributed by atoms with Crippen molar-refractivity contribution in [1.29, 1.82) is 0 Å². The molecule has 7 atom stereocenters. The second-order valence-electron chi connectivity index (χ2n) is 9.45. The number of rotatable bonds is 8. The van der Waals surface area contributed by atoms with Crippen LogP contribution in [0.1, 0.15) is 39.2 Å². The first-order chi connectivity index (χ1) is 16.2. The lowest BCUT2D eigenvalue weighted by Crippen LogP contribution is -2.52. The largest absolute Gasteiger partial charge is 0.394 e. The van der Waals surface area contributed by atoms with Gasteiger partial charge in [-0.1, -0.05) is 63.1 Å². The van der Waals surface area contributed by atoms with Crippen LogP contribution in [0.5, 0.6) is 0 Å². The van der Waals surface area contributed by atoms with Gasteiger partial charge in [0.1, 0.15) is 6.04 Å². The van der Waals surface area contributed by atoms with Gasteiger partial charge in [-0.05, 0) is 36.8 Å². The number of carbonyl (C=O) groups excluding carboxylic acids is 3. The normalized spacial score (nSPS) is 27.8. The Morgan fingerprint density at radius 2 is 1.91 bits per heavy atom. The van der Waals surface area contributed by atoms with Crippen LogP contribution in [0.4, 0.5) is 5.69 Å². The Balaban J connectivity index is 2.10. The molecule has 8 heteroatoms. The predicted octanol–water partition coefficient (Wildman–Crippen LogP) is 3.40. The smallest absolute Gasteiger partial charge is 0.247 e. The Bertz CT molecular complexity index is 945. The molecule has 3 N–H and O–H groups in total. The van der Waals surface area contributed by atoms with Gasteiger partial charge in [-0.2, -0.15) is 0 Å².